The summed E-state index contributed by atoms with van der Waals surface area (Å²) >= 11 is 0. The minimum atomic E-state index is -3.06. The summed E-state index contributed by atoms with van der Waals surface area (Å²) in [5.41, 5.74) is 0.695. The molecule has 0 amide bonds. The van der Waals surface area contributed by atoms with Crippen LogP contribution in [0.2, 0.25) is 0 Å². The summed E-state index contributed by atoms with van der Waals surface area (Å²) in [5.74, 6) is -1.48. The molecular weight excluding hydrogens is 282 g/mol. The zero-order chi connectivity index (χ0) is 15.2. The smallest absolute Gasteiger partial charge is 0.387 e. The fraction of sp³-hybridized carbons (Fsp3) is 0.133. The molecule has 2 aromatic rings. The molecule has 0 fully saturated rings. The third kappa shape index (κ3) is 4.17. The molecule has 0 atom stereocenters. The molecule has 1 N–H and O–H groups in total. The highest BCUT2D eigenvalue weighted by molar-refractivity contribution is 5.88. The van der Waals surface area contributed by atoms with E-state index in [9.17, 15) is 13.6 Å². The van der Waals surface area contributed by atoms with Crippen molar-refractivity contribution >= 4 is 5.97 Å². The van der Waals surface area contributed by atoms with Crippen LogP contribution in [0, 0.1) is 0 Å². The second kappa shape index (κ2) is 6.69. The van der Waals surface area contributed by atoms with E-state index < -0.39 is 12.6 Å². The summed E-state index contributed by atoms with van der Waals surface area (Å²) in [6, 6.07) is 12.7. The van der Waals surface area contributed by atoms with Gasteiger partial charge in [0.05, 0.1) is 5.56 Å². The number of ether oxygens (including phenoxy) is 2. The number of benzene rings is 2. The Kier molecular flexibility index (Phi) is 4.71. The lowest BCUT2D eigenvalue weighted by molar-refractivity contribution is -0.0516. The topological polar surface area (TPSA) is 55.8 Å². The van der Waals surface area contributed by atoms with Crippen molar-refractivity contribution in [2.75, 3.05) is 0 Å². The maximum atomic E-state index is 12.4. The van der Waals surface area contributed by atoms with Crippen LogP contribution in [0.4, 0.5) is 8.78 Å². The quantitative estimate of drug-likeness (QED) is 0.885. The van der Waals surface area contributed by atoms with Crippen molar-refractivity contribution in [3.8, 4) is 11.5 Å². The highest BCUT2D eigenvalue weighted by Gasteiger charge is 2.14. The third-order valence-corrected chi connectivity index (χ3v) is 2.64. The molecule has 0 aliphatic heterocycles. The molecule has 0 aliphatic rings. The van der Waals surface area contributed by atoms with Gasteiger partial charge in [0.2, 0.25) is 0 Å². The van der Waals surface area contributed by atoms with Crippen molar-refractivity contribution in [2.45, 2.75) is 13.2 Å². The van der Waals surface area contributed by atoms with E-state index in [1.807, 2.05) is 30.3 Å². The second-order valence-corrected chi connectivity index (χ2v) is 4.12. The highest BCUT2D eigenvalue weighted by atomic mass is 19.3. The molecular formula is C15H12F2O4. The van der Waals surface area contributed by atoms with E-state index in [1.54, 1.807) is 0 Å². The van der Waals surface area contributed by atoms with Crippen molar-refractivity contribution in [1.29, 1.82) is 0 Å². The van der Waals surface area contributed by atoms with Gasteiger partial charge in [-0.05, 0) is 23.8 Å². The van der Waals surface area contributed by atoms with Crippen molar-refractivity contribution in [3.63, 3.8) is 0 Å². The van der Waals surface area contributed by atoms with Crippen molar-refractivity contribution in [1.82, 2.24) is 0 Å². The lowest BCUT2D eigenvalue weighted by Crippen LogP contribution is -2.06. The van der Waals surface area contributed by atoms with Gasteiger partial charge in [0.25, 0.3) is 0 Å². The van der Waals surface area contributed by atoms with Gasteiger partial charge >= 0.3 is 12.6 Å². The standard InChI is InChI=1S/C15H12F2O4/c16-15(17)21-13-8-11(14(18)19)6-7-12(13)20-9-10-4-2-1-3-5-10/h1-8,15H,9H2,(H,18,19). The Balaban J connectivity index is 2.19. The van der Waals surface area contributed by atoms with Crippen LogP contribution in [-0.4, -0.2) is 17.7 Å². The Morgan fingerprint density at radius 2 is 1.81 bits per heavy atom. The molecule has 21 heavy (non-hydrogen) atoms. The fourth-order valence-corrected chi connectivity index (χ4v) is 1.68. The monoisotopic (exact) mass is 294 g/mol. The van der Waals surface area contributed by atoms with Crippen molar-refractivity contribution < 1.29 is 28.2 Å². The molecule has 0 radical (unpaired) electrons. The lowest BCUT2D eigenvalue weighted by Gasteiger charge is -2.13. The van der Waals surface area contributed by atoms with Gasteiger partial charge in [-0.15, -0.1) is 0 Å². The van der Waals surface area contributed by atoms with E-state index in [0.717, 1.165) is 11.6 Å². The summed E-state index contributed by atoms with van der Waals surface area (Å²) in [5, 5.41) is 8.86. The number of rotatable bonds is 6. The Morgan fingerprint density at radius 1 is 1.10 bits per heavy atom. The van der Waals surface area contributed by atoms with Crippen molar-refractivity contribution in [2.24, 2.45) is 0 Å². The molecule has 0 aromatic heterocycles. The minimum absolute atomic E-state index is 0.0594. The van der Waals surface area contributed by atoms with Crippen LogP contribution in [0.3, 0.4) is 0 Å². The molecule has 0 heterocycles. The van der Waals surface area contributed by atoms with E-state index in [4.69, 9.17) is 9.84 Å². The molecule has 0 bridgehead atoms. The first-order valence-corrected chi connectivity index (χ1v) is 6.05. The number of hydrogen-bond donors (Lipinski definition) is 1. The zero-order valence-electron chi connectivity index (χ0n) is 10.8. The summed E-state index contributed by atoms with van der Waals surface area (Å²) < 4.78 is 34.5. The van der Waals surface area contributed by atoms with Gasteiger partial charge < -0.3 is 14.6 Å². The number of alkyl halides is 2. The van der Waals surface area contributed by atoms with E-state index in [-0.39, 0.29) is 23.7 Å². The Morgan fingerprint density at radius 3 is 2.43 bits per heavy atom. The average Bonchev–Trinajstić information content (AvgIpc) is 2.46. The van der Waals surface area contributed by atoms with Gasteiger partial charge in [0, 0.05) is 0 Å². The first kappa shape index (κ1) is 14.8. The van der Waals surface area contributed by atoms with Crippen LogP contribution in [-0.2, 0) is 6.61 Å². The summed E-state index contributed by atoms with van der Waals surface area (Å²) in [4.78, 5) is 10.8. The highest BCUT2D eigenvalue weighted by Crippen LogP contribution is 2.30. The zero-order valence-corrected chi connectivity index (χ0v) is 10.8. The van der Waals surface area contributed by atoms with Gasteiger partial charge in [-0.25, -0.2) is 4.79 Å². The molecule has 4 nitrogen and oxygen atoms in total. The molecule has 0 unspecified atom stereocenters. The van der Waals surface area contributed by atoms with Crippen molar-refractivity contribution in [3.05, 3.63) is 59.7 Å². The van der Waals surface area contributed by atoms with Gasteiger partial charge in [0.1, 0.15) is 6.61 Å². The number of carboxylic acids is 1. The normalized spacial score (nSPS) is 10.4. The summed E-state index contributed by atoms with van der Waals surface area (Å²) in [6.45, 7) is -2.90. The molecule has 0 saturated carbocycles. The largest absolute Gasteiger partial charge is 0.485 e. The lowest BCUT2D eigenvalue weighted by atomic mass is 10.2. The predicted octanol–water partition coefficient (Wildman–Crippen LogP) is 3.57. The third-order valence-electron chi connectivity index (χ3n) is 2.64. The molecule has 110 valence electrons. The maximum Gasteiger partial charge on any atom is 0.387 e. The maximum absolute atomic E-state index is 12.4. The van der Waals surface area contributed by atoms with Crippen LogP contribution < -0.4 is 9.47 Å². The van der Waals surface area contributed by atoms with E-state index >= 15 is 0 Å². The first-order chi connectivity index (χ1) is 10.1. The predicted molar refractivity (Wildman–Crippen MR) is 70.8 cm³/mol. The second-order valence-electron chi connectivity index (χ2n) is 4.12. The fourth-order valence-electron chi connectivity index (χ4n) is 1.68. The number of carboxylic acid groups (broad SMARTS) is 1. The van der Waals surface area contributed by atoms with Crippen LogP contribution in [0.5, 0.6) is 11.5 Å². The minimum Gasteiger partial charge on any atom is -0.485 e. The SMILES string of the molecule is O=C(O)c1ccc(OCc2ccccc2)c(OC(F)F)c1. The number of aromatic carboxylic acids is 1. The number of hydrogen-bond acceptors (Lipinski definition) is 3. The Hall–Kier alpha value is -2.63. The van der Waals surface area contributed by atoms with Gasteiger partial charge in [-0.1, -0.05) is 30.3 Å². The Bertz CT molecular complexity index is 614. The number of carbonyl (C=O) groups is 1. The Labute approximate surface area is 119 Å². The molecule has 6 heteroatoms. The van der Waals surface area contributed by atoms with Crippen LogP contribution in [0.25, 0.3) is 0 Å². The van der Waals surface area contributed by atoms with Gasteiger partial charge in [-0.3, -0.25) is 0 Å². The van der Waals surface area contributed by atoms with Crippen LogP contribution in [0.1, 0.15) is 15.9 Å². The molecule has 0 aliphatic carbocycles. The number of halogens is 2. The first-order valence-electron chi connectivity index (χ1n) is 6.05. The molecule has 2 rings (SSSR count). The molecule has 0 spiro atoms. The van der Waals surface area contributed by atoms with Crippen LogP contribution in [0.15, 0.2) is 48.5 Å². The van der Waals surface area contributed by atoms with E-state index in [2.05, 4.69) is 4.74 Å². The van der Waals surface area contributed by atoms with E-state index in [1.165, 1.54) is 12.1 Å². The van der Waals surface area contributed by atoms with Gasteiger partial charge in [-0.2, -0.15) is 8.78 Å². The van der Waals surface area contributed by atoms with Crippen LogP contribution >= 0.6 is 0 Å². The summed E-state index contributed by atoms with van der Waals surface area (Å²) in [6.07, 6.45) is 0. The van der Waals surface area contributed by atoms with E-state index in [0.29, 0.717) is 0 Å². The average molecular weight is 294 g/mol. The molecule has 0 saturated heterocycles. The van der Waals surface area contributed by atoms with Gasteiger partial charge in [0.15, 0.2) is 11.5 Å². The summed E-state index contributed by atoms with van der Waals surface area (Å²) in [7, 11) is 0. The molecule has 2 aromatic carbocycles.